The van der Waals surface area contributed by atoms with E-state index in [1.165, 1.54) is 0 Å². The Hall–Kier alpha value is -1.29. The van der Waals surface area contributed by atoms with E-state index >= 15 is 0 Å². The third-order valence-corrected chi connectivity index (χ3v) is 3.98. The molecule has 1 aliphatic rings. The second-order valence-corrected chi connectivity index (χ2v) is 5.46. The van der Waals surface area contributed by atoms with E-state index in [2.05, 4.69) is 0 Å². The van der Waals surface area contributed by atoms with Crippen molar-refractivity contribution in [1.82, 2.24) is 4.90 Å². The Morgan fingerprint density at radius 3 is 2.95 bits per heavy atom. The molecule has 2 atom stereocenters. The number of rotatable bonds is 3. The van der Waals surface area contributed by atoms with Crippen LogP contribution in [0, 0.1) is 12.8 Å². The van der Waals surface area contributed by atoms with Crippen LogP contribution in [0.5, 0.6) is 0 Å². The maximum Gasteiger partial charge on any atom is 0.289 e. The number of furan rings is 1. The van der Waals surface area contributed by atoms with Gasteiger partial charge >= 0.3 is 0 Å². The minimum atomic E-state index is -0.361. The Labute approximate surface area is 114 Å². The average Bonchev–Trinajstić information content (AvgIpc) is 2.79. The molecule has 2 unspecified atom stereocenters. The molecule has 1 fully saturated rings. The molecule has 1 aliphatic heterocycles. The molecule has 1 saturated heterocycles. The van der Waals surface area contributed by atoms with Crippen molar-refractivity contribution in [2.45, 2.75) is 46.1 Å². The van der Waals surface area contributed by atoms with Crippen molar-refractivity contribution in [3.8, 4) is 0 Å². The number of hydrogen-bond donors (Lipinski definition) is 1. The number of nitrogens with zero attached hydrogens (tertiary/aromatic N) is 1. The van der Waals surface area contributed by atoms with E-state index in [0.717, 1.165) is 37.1 Å². The Morgan fingerprint density at radius 1 is 1.63 bits per heavy atom. The van der Waals surface area contributed by atoms with Crippen LogP contribution < -0.4 is 0 Å². The van der Waals surface area contributed by atoms with Crippen LogP contribution in [0.25, 0.3) is 0 Å². The van der Waals surface area contributed by atoms with Gasteiger partial charge in [0, 0.05) is 25.4 Å². The Balaban J connectivity index is 2.10. The van der Waals surface area contributed by atoms with E-state index in [1.807, 2.05) is 19.9 Å². The molecule has 0 aliphatic carbocycles. The topological polar surface area (TPSA) is 53.7 Å². The first-order chi connectivity index (χ1) is 9.02. The van der Waals surface area contributed by atoms with Gasteiger partial charge in [-0.2, -0.15) is 0 Å². The maximum atomic E-state index is 12.4. The normalized spacial score (nSPS) is 21.5. The first-order valence-corrected chi connectivity index (χ1v) is 7.09. The molecular formula is C15H23NO3. The first-order valence-electron chi connectivity index (χ1n) is 7.09. The Bertz CT molecular complexity index is 450. The largest absolute Gasteiger partial charge is 0.456 e. The van der Waals surface area contributed by atoms with Crippen LogP contribution >= 0.6 is 0 Å². The monoisotopic (exact) mass is 265 g/mol. The zero-order valence-corrected chi connectivity index (χ0v) is 12.0. The number of aliphatic hydroxyl groups excluding tert-OH is 1. The molecule has 106 valence electrons. The minimum absolute atomic E-state index is 0.0480. The summed E-state index contributed by atoms with van der Waals surface area (Å²) in [6.45, 7) is 7.16. The first kappa shape index (κ1) is 14.1. The maximum absolute atomic E-state index is 12.4. The van der Waals surface area contributed by atoms with Gasteiger partial charge in [-0.15, -0.1) is 0 Å². The van der Waals surface area contributed by atoms with Crippen LogP contribution in [0.15, 0.2) is 10.5 Å². The highest BCUT2D eigenvalue weighted by molar-refractivity contribution is 5.91. The van der Waals surface area contributed by atoms with Crippen LogP contribution in [0.4, 0.5) is 0 Å². The van der Waals surface area contributed by atoms with Crippen molar-refractivity contribution in [2.75, 3.05) is 13.1 Å². The highest BCUT2D eigenvalue weighted by atomic mass is 16.4. The third-order valence-electron chi connectivity index (χ3n) is 3.98. The van der Waals surface area contributed by atoms with Gasteiger partial charge < -0.3 is 14.4 Å². The summed E-state index contributed by atoms with van der Waals surface area (Å²) >= 11 is 0. The highest BCUT2D eigenvalue weighted by Gasteiger charge is 2.28. The van der Waals surface area contributed by atoms with Gasteiger partial charge in [0.15, 0.2) is 5.76 Å². The quantitative estimate of drug-likeness (QED) is 0.913. The summed E-state index contributed by atoms with van der Waals surface area (Å²) in [5.74, 6) is 1.44. The molecule has 1 amide bonds. The van der Waals surface area contributed by atoms with Gasteiger partial charge in [0.2, 0.25) is 0 Å². The predicted molar refractivity (Wildman–Crippen MR) is 73.1 cm³/mol. The molecule has 2 rings (SSSR count). The Kier molecular flexibility index (Phi) is 4.30. The standard InChI is InChI=1S/C15H23NO3/c1-4-13-10(2)8-14(19-13)15(18)16-7-5-6-12(9-16)11(3)17/h8,11-12,17H,4-7,9H2,1-3H3. The number of likely N-dealkylation sites (tertiary alicyclic amines) is 1. The van der Waals surface area contributed by atoms with Crippen LogP contribution in [0.3, 0.4) is 0 Å². The lowest BCUT2D eigenvalue weighted by Crippen LogP contribution is -2.42. The fourth-order valence-corrected chi connectivity index (χ4v) is 2.72. The van der Waals surface area contributed by atoms with Crippen molar-refractivity contribution >= 4 is 5.91 Å². The van der Waals surface area contributed by atoms with E-state index < -0.39 is 0 Å². The van der Waals surface area contributed by atoms with Crippen LogP contribution in [0.1, 0.15) is 48.6 Å². The van der Waals surface area contributed by atoms with Gasteiger partial charge in [0.05, 0.1) is 6.10 Å². The van der Waals surface area contributed by atoms with Gasteiger partial charge in [-0.05, 0) is 38.3 Å². The van der Waals surface area contributed by atoms with Crippen LogP contribution in [-0.2, 0) is 6.42 Å². The number of carbonyl (C=O) groups excluding carboxylic acids is 1. The summed E-state index contributed by atoms with van der Waals surface area (Å²) in [6, 6.07) is 1.83. The lowest BCUT2D eigenvalue weighted by molar-refractivity contribution is 0.0442. The fourth-order valence-electron chi connectivity index (χ4n) is 2.72. The molecule has 2 heterocycles. The third kappa shape index (κ3) is 3.00. The van der Waals surface area contributed by atoms with Crippen LogP contribution in [0.2, 0.25) is 0 Å². The molecule has 0 spiro atoms. The predicted octanol–water partition coefficient (Wildman–Crippen LogP) is 2.38. The molecule has 0 bridgehead atoms. The number of amides is 1. The summed E-state index contributed by atoms with van der Waals surface area (Å²) < 4.78 is 5.62. The number of aliphatic hydroxyl groups is 1. The number of aryl methyl sites for hydroxylation is 2. The lowest BCUT2D eigenvalue weighted by Gasteiger charge is -2.33. The second-order valence-electron chi connectivity index (χ2n) is 5.46. The molecule has 4 heteroatoms. The van der Waals surface area contributed by atoms with E-state index in [9.17, 15) is 9.90 Å². The van der Waals surface area contributed by atoms with Gasteiger partial charge in [-0.1, -0.05) is 6.92 Å². The van der Waals surface area contributed by atoms with E-state index in [4.69, 9.17) is 4.42 Å². The van der Waals surface area contributed by atoms with Gasteiger partial charge in [-0.25, -0.2) is 0 Å². The van der Waals surface area contributed by atoms with E-state index in [-0.39, 0.29) is 17.9 Å². The lowest BCUT2D eigenvalue weighted by atomic mass is 9.93. The van der Waals surface area contributed by atoms with Crippen molar-refractivity contribution in [3.05, 3.63) is 23.2 Å². The van der Waals surface area contributed by atoms with Crippen LogP contribution in [-0.4, -0.2) is 35.1 Å². The summed E-state index contributed by atoms with van der Waals surface area (Å²) in [7, 11) is 0. The molecule has 1 N–H and O–H groups in total. The van der Waals surface area contributed by atoms with Gasteiger partial charge in [-0.3, -0.25) is 4.79 Å². The average molecular weight is 265 g/mol. The van der Waals surface area contributed by atoms with Crippen molar-refractivity contribution < 1.29 is 14.3 Å². The van der Waals surface area contributed by atoms with Crippen molar-refractivity contribution in [3.63, 3.8) is 0 Å². The summed E-state index contributed by atoms with van der Waals surface area (Å²) in [6.07, 6.45) is 2.37. The molecule has 0 saturated carbocycles. The van der Waals surface area contributed by atoms with E-state index in [1.54, 1.807) is 11.8 Å². The summed E-state index contributed by atoms with van der Waals surface area (Å²) in [4.78, 5) is 14.2. The van der Waals surface area contributed by atoms with Crippen molar-refractivity contribution in [1.29, 1.82) is 0 Å². The zero-order valence-electron chi connectivity index (χ0n) is 12.0. The fraction of sp³-hybridized carbons (Fsp3) is 0.667. The minimum Gasteiger partial charge on any atom is -0.456 e. The number of carbonyl (C=O) groups is 1. The van der Waals surface area contributed by atoms with Gasteiger partial charge in [0.1, 0.15) is 5.76 Å². The van der Waals surface area contributed by atoms with Gasteiger partial charge in [0.25, 0.3) is 5.91 Å². The molecule has 4 nitrogen and oxygen atoms in total. The zero-order chi connectivity index (χ0) is 14.0. The summed E-state index contributed by atoms with van der Waals surface area (Å²) in [5, 5.41) is 9.67. The highest BCUT2D eigenvalue weighted by Crippen LogP contribution is 2.23. The number of piperidine rings is 1. The summed E-state index contributed by atoms with van der Waals surface area (Å²) in [5.41, 5.74) is 1.04. The second kappa shape index (κ2) is 5.78. The number of hydrogen-bond acceptors (Lipinski definition) is 3. The smallest absolute Gasteiger partial charge is 0.289 e. The molecule has 0 radical (unpaired) electrons. The molecule has 1 aromatic rings. The molecule has 19 heavy (non-hydrogen) atoms. The van der Waals surface area contributed by atoms with E-state index in [0.29, 0.717) is 12.3 Å². The van der Waals surface area contributed by atoms with Crippen molar-refractivity contribution in [2.24, 2.45) is 5.92 Å². The molecule has 0 aromatic carbocycles. The SMILES string of the molecule is CCc1oc(C(=O)N2CCCC(C(C)O)C2)cc1C. The Morgan fingerprint density at radius 2 is 2.37 bits per heavy atom. The molecule has 1 aromatic heterocycles. The molecular weight excluding hydrogens is 242 g/mol.